The highest BCUT2D eigenvalue weighted by molar-refractivity contribution is 9.10. The number of amides is 1. The van der Waals surface area contributed by atoms with E-state index in [4.69, 9.17) is 15.2 Å². The van der Waals surface area contributed by atoms with E-state index in [1.807, 2.05) is 0 Å². The van der Waals surface area contributed by atoms with E-state index in [0.717, 1.165) is 5.56 Å². The molecule has 124 valence electrons. The number of primary amides is 1. The number of halogens is 1. The van der Waals surface area contributed by atoms with Gasteiger partial charge in [-0.1, -0.05) is 6.07 Å². The molecule has 0 aliphatic carbocycles. The van der Waals surface area contributed by atoms with Crippen molar-refractivity contribution in [2.45, 2.75) is 19.5 Å². The number of hydrogen-bond acceptors (Lipinski definition) is 5. The molecule has 0 aliphatic rings. The topological polar surface area (TPSA) is 101 Å². The molecule has 1 atom stereocenters. The van der Waals surface area contributed by atoms with Gasteiger partial charge in [-0.15, -0.1) is 5.10 Å². The maximum absolute atomic E-state index is 12.4. The molecule has 0 saturated heterocycles. The summed E-state index contributed by atoms with van der Waals surface area (Å²) in [5, 5.41) is 4.11. The number of aromatic nitrogens is 3. The monoisotopic (exact) mass is 384 g/mol. The van der Waals surface area contributed by atoms with E-state index >= 15 is 0 Å². The molecule has 0 bridgehead atoms. The maximum Gasteiger partial charge on any atom is 0.347 e. The Hall–Kier alpha value is -2.29. The van der Waals surface area contributed by atoms with Gasteiger partial charge in [-0.3, -0.25) is 9.36 Å². The zero-order valence-electron chi connectivity index (χ0n) is 12.9. The van der Waals surface area contributed by atoms with Crippen molar-refractivity contribution in [3.8, 4) is 11.5 Å². The van der Waals surface area contributed by atoms with Crippen LogP contribution in [-0.4, -0.2) is 34.5 Å². The van der Waals surface area contributed by atoms with Crippen molar-refractivity contribution in [1.82, 2.24) is 14.3 Å². The van der Waals surface area contributed by atoms with Crippen LogP contribution in [0.1, 0.15) is 18.5 Å². The van der Waals surface area contributed by atoms with E-state index in [1.54, 1.807) is 25.3 Å². The number of rotatable bonds is 6. The quantitative estimate of drug-likeness (QED) is 0.797. The van der Waals surface area contributed by atoms with Crippen LogP contribution in [-0.2, 0) is 11.3 Å². The second kappa shape index (κ2) is 6.86. The van der Waals surface area contributed by atoms with E-state index in [0.29, 0.717) is 11.5 Å². The Morgan fingerprint density at radius 3 is 2.57 bits per heavy atom. The smallest absolute Gasteiger partial charge is 0.347 e. The molecule has 1 unspecified atom stereocenters. The molecule has 1 aromatic heterocycles. The highest BCUT2D eigenvalue weighted by Crippen LogP contribution is 2.27. The first-order valence-electron chi connectivity index (χ1n) is 6.74. The summed E-state index contributed by atoms with van der Waals surface area (Å²) in [4.78, 5) is 23.7. The van der Waals surface area contributed by atoms with Gasteiger partial charge in [0.05, 0.1) is 20.8 Å². The largest absolute Gasteiger partial charge is 0.493 e. The summed E-state index contributed by atoms with van der Waals surface area (Å²) < 4.78 is 13.1. The Balaban J connectivity index is 2.37. The molecule has 1 aromatic carbocycles. The molecule has 0 fully saturated rings. The summed E-state index contributed by atoms with van der Waals surface area (Å²) in [6.45, 7) is 1.76. The number of nitrogens with two attached hydrogens (primary N) is 1. The second-order valence-corrected chi connectivity index (χ2v) is 5.56. The van der Waals surface area contributed by atoms with Crippen molar-refractivity contribution >= 4 is 21.8 Å². The summed E-state index contributed by atoms with van der Waals surface area (Å²) in [5.41, 5.74) is 5.62. The van der Waals surface area contributed by atoms with Crippen molar-refractivity contribution in [2.75, 3.05) is 14.2 Å². The van der Waals surface area contributed by atoms with Gasteiger partial charge in [0.25, 0.3) is 0 Å². The summed E-state index contributed by atoms with van der Waals surface area (Å²) in [6.07, 6.45) is 0. The van der Waals surface area contributed by atoms with Crippen LogP contribution >= 0.6 is 15.9 Å². The fourth-order valence-electron chi connectivity index (χ4n) is 2.10. The molecule has 23 heavy (non-hydrogen) atoms. The lowest BCUT2D eigenvalue weighted by Gasteiger charge is -2.09. The predicted molar refractivity (Wildman–Crippen MR) is 86.7 cm³/mol. The van der Waals surface area contributed by atoms with E-state index in [-0.39, 0.29) is 11.3 Å². The van der Waals surface area contributed by atoms with E-state index in [1.165, 1.54) is 23.3 Å². The van der Waals surface area contributed by atoms with Crippen molar-refractivity contribution in [1.29, 1.82) is 0 Å². The fraction of sp³-hybridized carbons (Fsp3) is 0.357. The first-order chi connectivity index (χ1) is 10.9. The van der Waals surface area contributed by atoms with Gasteiger partial charge >= 0.3 is 5.69 Å². The maximum atomic E-state index is 12.4. The first-order valence-corrected chi connectivity index (χ1v) is 7.53. The lowest BCUT2D eigenvalue weighted by Crippen LogP contribution is -2.33. The molecule has 1 heterocycles. The van der Waals surface area contributed by atoms with Gasteiger partial charge < -0.3 is 15.2 Å². The van der Waals surface area contributed by atoms with Gasteiger partial charge in [-0.2, -0.15) is 0 Å². The number of methoxy groups -OCH3 is 2. The van der Waals surface area contributed by atoms with E-state index in [9.17, 15) is 9.59 Å². The van der Waals surface area contributed by atoms with Crippen molar-refractivity contribution in [3.05, 3.63) is 39.0 Å². The third kappa shape index (κ3) is 3.39. The number of hydrogen-bond donors (Lipinski definition) is 1. The van der Waals surface area contributed by atoms with Crippen molar-refractivity contribution in [3.63, 3.8) is 0 Å². The highest BCUT2D eigenvalue weighted by Gasteiger charge is 2.20. The van der Waals surface area contributed by atoms with Crippen molar-refractivity contribution < 1.29 is 14.3 Å². The lowest BCUT2D eigenvalue weighted by atomic mass is 10.2. The Kier molecular flexibility index (Phi) is 5.09. The van der Waals surface area contributed by atoms with Crippen LogP contribution in [0.4, 0.5) is 0 Å². The molecule has 0 radical (unpaired) electrons. The van der Waals surface area contributed by atoms with Gasteiger partial charge in [0.1, 0.15) is 6.04 Å². The molecule has 2 aromatic rings. The lowest BCUT2D eigenvalue weighted by molar-refractivity contribution is -0.120. The Morgan fingerprint density at radius 2 is 2.00 bits per heavy atom. The van der Waals surface area contributed by atoms with Gasteiger partial charge in [-0.25, -0.2) is 9.48 Å². The molecule has 9 heteroatoms. The SMILES string of the molecule is COc1ccc(Cn2nc(Br)n(C(C)C(N)=O)c2=O)cc1OC. The molecule has 2 N–H and O–H groups in total. The number of nitrogens with zero attached hydrogens (tertiary/aromatic N) is 3. The third-order valence-corrected chi connectivity index (χ3v) is 3.95. The number of benzene rings is 1. The highest BCUT2D eigenvalue weighted by atomic mass is 79.9. The number of carbonyl (C=O) groups excluding carboxylic acids is 1. The van der Waals surface area contributed by atoms with E-state index < -0.39 is 17.6 Å². The minimum atomic E-state index is -0.795. The van der Waals surface area contributed by atoms with Crippen molar-refractivity contribution in [2.24, 2.45) is 5.73 Å². The van der Waals surface area contributed by atoms with Gasteiger partial charge in [0, 0.05) is 0 Å². The van der Waals surface area contributed by atoms with Crippen LogP contribution in [0.3, 0.4) is 0 Å². The van der Waals surface area contributed by atoms with Crippen LogP contribution in [0.2, 0.25) is 0 Å². The molecule has 8 nitrogen and oxygen atoms in total. The molecule has 0 spiro atoms. The number of ether oxygens (including phenoxy) is 2. The molecular formula is C14H17BrN4O4. The minimum absolute atomic E-state index is 0.219. The Labute approximate surface area is 140 Å². The normalized spacial score (nSPS) is 12.0. The molecule has 0 saturated carbocycles. The van der Waals surface area contributed by atoms with E-state index in [2.05, 4.69) is 21.0 Å². The van der Waals surface area contributed by atoms with Crippen LogP contribution in [0.25, 0.3) is 0 Å². The Morgan fingerprint density at radius 1 is 1.35 bits per heavy atom. The summed E-state index contributed by atoms with van der Waals surface area (Å²) in [7, 11) is 3.08. The summed E-state index contributed by atoms with van der Waals surface area (Å²) in [6, 6.07) is 4.52. The third-order valence-electron chi connectivity index (χ3n) is 3.41. The predicted octanol–water partition coefficient (Wildman–Crippen LogP) is 0.919. The zero-order valence-corrected chi connectivity index (χ0v) is 14.5. The van der Waals surface area contributed by atoms with Crippen LogP contribution < -0.4 is 20.9 Å². The molecule has 0 aliphatic heterocycles. The second-order valence-electron chi connectivity index (χ2n) is 4.85. The summed E-state index contributed by atoms with van der Waals surface area (Å²) in [5.74, 6) is 0.540. The average molecular weight is 385 g/mol. The molecule has 2 rings (SSSR count). The first kappa shape index (κ1) is 17.1. The average Bonchev–Trinajstić information content (AvgIpc) is 2.80. The van der Waals surface area contributed by atoms with Gasteiger partial charge in [0.2, 0.25) is 10.6 Å². The zero-order chi connectivity index (χ0) is 17.1. The molecule has 1 amide bonds. The Bertz CT molecular complexity index is 784. The van der Waals surface area contributed by atoms with Gasteiger partial charge in [-0.05, 0) is 40.5 Å². The van der Waals surface area contributed by atoms with Gasteiger partial charge in [0.15, 0.2) is 11.5 Å². The summed E-state index contributed by atoms with van der Waals surface area (Å²) >= 11 is 3.18. The fourth-order valence-corrected chi connectivity index (χ4v) is 2.75. The molecular weight excluding hydrogens is 368 g/mol. The minimum Gasteiger partial charge on any atom is -0.493 e. The number of carbonyl (C=O) groups is 1. The van der Waals surface area contributed by atoms with Crippen LogP contribution in [0.15, 0.2) is 27.7 Å². The van der Waals surface area contributed by atoms with Crippen LogP contribution in [0.5, 0.6) is 11.5 Å². The standard InChI is InChI=1S/C14H17BrN4O4/c1-8(12(16)20)19-13(15)17-18(14(19)21)7-9-4-5-10(22-2)11(6-9)23-3/h4-6,8H,7H2,1-3H3,(H2,16,20). The van der Waals surface area contributed by atoms with Crippen LogP contribution in [0, 0.1) is 0 Å².